The van der Waals surface area contributed by atoms with Gasteiger partial charge in [0.05, 0.1) is 29.3 Å². The van der Waals surface area contributed by atoms with Gasteiger partial charge >= 0.3 is 5.91 Å². The molecule has 3 heterocycles. The second-order valence-electron chi connectivity index (χ2n) is 8.36. The monoisotopic (exact) mass is 468 g/mol. The van der Waals surface area contributed by atoms with E-state index in [4.69, 9.17) is 4.74 Å². The second kappa shape index (κ2) is 9.06. The van der Waals surface area contributed by atoms with Gasteiger partial charge in [-0.1, -0.05) is 19.1 Å². The smallest absolute Gasteiger partial charge is 0.302 e. The van der Waals surface area contributed by atoms with E-state index in [0.29, 0.717) is 29.0 Å². The zero-order chi connectivity index (χ0) is 24.5. The molecule has 2 aromatic carbocycles. The summed E-state index contributed by atoms with van der Waals surface area (Å²) in [5.74, 6) is -0.875. The molecule has 176 valence electrons. The number of aliphatic hydroxyl groups excluding tert-OH is 1. The van der Waals surface area contributed by atoms with Crippen LogP contribution >= 0.6 is 0 Å². The molecule has 1 saturated heterocycles. The van der Waals surface area contributed by atoms with E-state index >= 15 is 0 Å². The summed E-state index contributed by atoms with van der Waals surface area (Å²) in [7, 11) is 0. The van der Waals surface area contributed by atoms with Gasteiger partial charge in [-0.2, -0.15) is 0 Å². The van der Waals surface area contributed by atoms with E-state index in [-0.39, 0.29) is 17.3 Å². The number of imidazole rings is 1. The van der Waals surface area contributed by atoms with E-state index in [9.17, 15) is 14.7 Å². The summed E-state index contributed by atoms with van der Waals surface area (Å²) >= 11 is 0. The summed E-state index contributed by atoms with van der Waals surface area (Å²) in [5.41, 5.74) is 3.25. The van der Waals surface area contributed by atoms with Gasteiger partial charge in [0.25, 0.3) is 5.78 Å². The highest BCUT2D eigenvalue weighted by atomic mass is 16.5. The van der Waals surface area contributed by atoms with Gasteiger partial charge in [0.15, 0.2) is 0 Å². The molecule has 8 nitrogen and oxygen atoms in total. The van der Waals surface area contributed by atoms with Gasteiger partial charge in [0.2, 0.25) is 5.95 Å². The zero-order valence-corrected chi connectivity index (χ0v) is 19.4. The van der Waals surface area contributed by atoms with Crippen molar-refractivity contribution in [3.63, 3.8) is 0 Å². The van der Waals surface area contributed by atoms with Crippen LogP contribution in [-0.4, -0.2) is 38.4 Å². The fraction of sp³-hybridized carbons (Fsp3) is 0.185. The van der Waals surface area contributed by atoms with Gasteiger partial charge in [-0.25, -0.2) is 4.98 Å². The Kier molecular flexibility index (Phi) is 5.78. The molecule has 0 aliphatic carbocycles. The van der Waals surface area contributed by atoms with Crippen LogP contribution in [0.1, 0.15) is 36.1 Å². The number of amides is 1. The third kappa shape index (κ3) is 3.93. The van der Waals surface area contributed by atoms with Crippen molar-refractivity contribution in [2.24, 2.45) is 0 Å². The van der Waals surface area contributed by atoms with Crippen molar-refractivity contribution in [2.45, 2.75) is 26.3 Å². The first-order valence-electron chi connectivity index (χ1n) is 11.4. The number of ether oxygens (including phenoxy) is 1. The number of benzene rings is 2. The number of H-pyrrole nitrogens is 1. The van der Waals surface area contributed by atoms with Crippen molar-refractivity contribution in [1.82, 2.24) is 15.0 Å². The van der Waals surface area contributed by atoms with Crippen LogP contribution in [0.5, 0.6) is 5.75 Å². The minimum Gasteiger partial charge on any atom is -0.507 e. The van der Waals surface area contributed by atoms with Gasteiger partial charge in [-0.05, 0) is 66.9 Å². The highest BCUT2D eigenvalue weighted by Crippen LogP contribution is 2.41. The van der Waals surface area contributed by atoms with Crippen molar-refractivity contribution in [1.29, 1.82) is 0 Å². The van der Waals surface area contributed by atoms with Crippen molar-refractivity contribution < 1.29 is 19.4 Å². The van der Waals surface area contributed by atoms with E-state index in [1.807, 2.05) is 38.1 Å². The number of aryl methyl sites for hydroxylation is 1. The maximum atomic E-state index is 13.3. The normalized spacial score (nSPS) is 17.3. The summed E-state index contributed by atoms with van der Waals surface area (Å²) in [6, 6.07) is 15.1. The molecule has 1 amide bonds. The molecule has 2 aromatic heterocycles. The minimum absolute atomic E-state index is 0.0108. The van der Waals surface area contributed by atoms with Crippen LogP contribution in [-0.2, 0) is 9.59 Å². The number of carbonyl (C=O) groups excluding carboxylic acids is 2. The van der Waals surface area contributed by atoms with E-state index in [1.165, 1.54) is 4.90 Å². The van der Waals surface area contributed by atoms with E-state index in [0.717, 1.165) is 17.5 Å². The lowest BCUT2D eigenvalue weighted by atomic mass is 9.95. The number of carbonyl (C=O) groups is 2. The van der Waals surface area contributed by atoms with Crippen LogP contribution in [0.3, 0.4) is 0 Å². The van der Waals surface area contributed by atoms with Gasteiger partial charge in [0, 0.05) is 18.0 Å². The highest BCUT2D eigenvalue weighted by Gasteiger charge is 2.48. The third-order valence-electron chi connectivity index (χ3n) is 5.98. The summed E-state index contributed by atoms with van der Waals surface area (Å²) in [6.07, 6.45) is 4.04. The fourth-order valence-electron chi connectivity index (χ4n) is 4.29. The molecule has 0 saturated carbocycles. The number of hydrogen-bond donors (Lipinski definition) is 2. The lowest BCUT2D eigenvalue weighted by Crippen LogP contribution is -2.30. The highest BCUT2D eigenvalue weighted by molar-refractivity contribution is 6.51. The first kappa shape index (κ1) is 22.3. The Balaban J connectivity index is 1.65. The number of ketones is 1. The second-order valence-corrected chi connectivity index (χ2v) is 8.36. The van der Waals surface area contributed by atoms with Gasteiger partial charge in [0.1, 0.15) is 11.5 Å². The molecule has 1 fully saturated rings. The van der Waals surface area contributed by atoms with Gasteiger partial charge in [-0.15, -0.1) is 0 Å². The molecule has 35 heavy (non-hydrogen) atoms. The minimum atomic E-state index is -0.880. The molecule has 8 heteroatoms. The average molecular weight is 469 g/mol. The fourth-order valence-corrected chi connectivity index (χ4v) is 4.29. The van der Waals surface area contributed by atoms with E-state index in [1.54, 1.807) is 42.7 Å². The van der Waals surface area contributed by atoms with Crippen LogP contribution in [0, 0.1) is 6.92 Å². The average Bonchev–Trinajstić information content (AvgIpc) is 3.41. The lowest BCUT2D eigenvalue weighted by molar-refractivity contribution is -0.132. The summed E-state index contributed by atoms with van der Waals surface area (Å²) < 4.78 is 5.73. The number of fused-ring (bicyclic) bond motifs is 1. The summed E-state index contributed by atoms with van der Waals surface area (Å²) in [4.78, 5) is 39.6. The molecule has 1 aliphatic rings. The maximum absolute atomic E-state index is 13.3. The van der Waals surface area contributed by atoms with Gasteiger partial charge in [-0.3, -0.25) is 19.5 Å². The molecule has 1 aliphatic heterocycles. The number of pyridine rings is 1. The molecule has 1 unspecified atom stereocenters. The van der Waals surface area contributed by atoms with Gasteiger partial charge < -0.3 is 14.8 Å². The molecule has 1 atom stereocenters. The number of nitrogens with one attached hydrogen (secondary N) is 1. The number of aromatic amines is 1. The Morgan fingerprint density at radius 1 is 1.11 bits per heavy atom. The van der Waals surface area contributed by atoms with Crippen molar-refractivity contribution in [3.8, 4) is 5.75 Å². The van der Waals surface area contributed by atoms with E-state index in [2.05, 4.69) is 15.0 Å². The number of para-hydroxylation sites is 2. The number of hydrogen-bond acceptors (Lipinski definition) is 6. The van der Waals surface area contributed by atoms with Crippen molar-refractivity contribution in [2.75, 3.05) is 11.5 Å². The Morgan fingerprint density at radius 3 is 2.60 bits per heavy atom. The maximum Gasteiger partial charge on any atom is 0.302 e. The van der Waals surface area contributed by atoms with Crippen LogP contribution in [0.25, 0.3) is 16.8 Å². The first-order chi connectivity index (χ1) is 17.0. The van der Waals surface area contributed by atoms with Crippen LogP contribution in [0.4, 0.5) is 5.95 Å². The molecule has 0 spiro atoms. The molecular weight excluding hydrogens is 444 g/mol. The predicted octanol–water partition coefficient (Wildman–Crippen LogP) is 4.68. The first-order valence-corrected chi connectivity index (χ1v) is 11.4. The Labute approximate surface area is 201 Å². The number of Topliss-reactive ketones (excluding diaryl/α,β-unsaturated/α-hetero) is 1. The SMILES string of the molecule is CCCOc1ccc(/C(O)=C2\C(=O)C(=O)N(c3nc4ccccc4[nH]3)C2c2ccncc2)cc1C. The third-order valence-corrected chi connectivity index (χ3v) is 5.98. The Morgan fingerprint density at radius 2 is 1.89 bits per heavy atom. The topological polar surface area (TPSA) is 108 Å². The number of nitrogens with zero attached hydrogens (tertiary/aromatic N) is 3. The number of anilines is 1. The largest absolute Gasteiger partial charge is 0.507 e. The molecule has 5 rings (SSSR count). The molecule has 2 N–H and O–H groups in total. The van der Waals surface area contributed by atoms with Crippen LogP contribution < -0.4 is 9.64 Å². The van der Waals surface area contributed by atoms with Crippen molar-refractivity contribution >= 4 is 34.4 Å². The van der Waals surface area contributed by atoms with Crippen LogP contribution in [0.2, 0.25) is 0 Å². The number of aromatic nitrogens is 3. The number of rotatable bonds is 6. The van der Waals surface area contributed by atoms with Crippen LogP contribution in [0.15, 0.2) is 72.6 Å². The zero-order valence-electron chi connectivity index (χ0n) is 19.4. The Bertz CT molecular complexity index is 1430. The molecular formula is C27H24N4O4. The molecule has 4 aromatic rings. The van der Waals surface area contributed by atoms with E-state index < -0.39 is 17.7 Å². The Hall–Kier alpha value is -4.46. The van der Waals surface area contributed by atoms with Crippen molar-refractivity contribution in [3.05, 3.63) is 89.3 Å². The summed E-state index contributed by atoms with van der Waals surface area (Å²) in [6.45, 7) is 4.47. The summed E-state index contributed by atoms with van der Waals surface area (Å²) in [5, 5.41) is 11.3. The quantitative estimate of drug-likeness (QED) is 0.242. The standard InChI is InChI=1S/C27H24N4O4/c1-3-14-35-21-9-8-18(15-16(21)2)24(32)22-23(17-10-12-28-13-11-17)31(26(34)25(22)33)27-29-19-6-4-5-7-20(19)30-27/h4-13,15,23,32H,3,14H2,1-2H3,(H,29,30)/b24-22+. The predicted molar refractivity (Wildman–Crippen MR) is 132 cm³/mol. The number of aliphatic hydroxyl groups is 1. The lowest BCUT2D eigenvalue weighted by Gasteiger charge is -2.23. The molecule has 0 bridgehead atoms. The molecule has 0 radical (unpaired) electrons.